The number of fused-ring (bicyclic) bond motifs is 1. The molecule has 1 heterocycles. The molecule has 1 amide bonds. The van der Waals surface area contributed by atoms with Gasteiger partial charge in [0.25, 0.3) is 11.7 Å². The number of amides is 1. The van der Waals surface area contributed by atoms with Crippen LogP contribution in [-0.2, 0) is 10.2 Å². The molecule has 0 saturated heterocycles. The van der Waals surface area contributed by atoms with E-state index in [0.717, 1.165) is 33.4 Å². The lowest BCUT2D eigenvalue weighted by Crippen LogP contribution is -2.34. The molecule has 3 N–H and O–H groups in total. The number of hydrogen-bond donors (Lipinski definition) is 3. The summed E-state index contributed by atoms with van der Waals surface area (Å²) < 4.78 is 2.03. The van der Waals surface area contributed by atoms with Crippen molar-refractivity contribution in [2.75, 3.05) is 5.75 Å². The van der Waals surface area contributed by atoms with E-state index in [2.05, 4.69) is 84.8 Å². The highest BCUT2D eigenvalue weighted by atomic mass is 32.2. The largest absolute Gasteiger partial charge is 0.507 e. The molecule has 0 bridgehead atoms. The van der Waals surface area contributed by atoms with Crippen molar-refractivity contribution >= 4 is 34.7 Å². The lowest BCUT2D eigenvalue weighted by Gasteiger charge is -2.18. The number of H-pyrrole nitrogens is 1. The predicted octanol–water partition coefficient (Wildman–Crippen LogP) is 6.06. The molecule has 202 valence electrons. The van der Waals surface area contributed by atoms with Crippen LogP contribution in [0, 0.1) is 6.92 Å². The second-order valence-corrected chi connectivity index (χ2v) is 11.6. The summed E-state index contributed by atoms with van der Waals surface area (Å²) in [7, 11) is 0. The number of carbonyl (C=O) groups is 1. The number of phenols is 1. The SMILES string of the molecule is Cc1ccc(-[n+]2c(SCC(=O)NN=Cc3c(O)ccc4ccccc34)n[nH]c2-c2ccc(C(C)(C)C)cc2)cc1. The van der Waals surface area contributed by atoms with E-state index < -0.39 is 0 Å². The number of phenolic OH excluding ortho intramolecular Hbond substituents is 1. The molecule has 1 aromatic heterocycles. The molecule has 0 atom stereocenters. The number of aromatic nitrogens is 3. The Morgan fingerprint density at radius 2 is 1.75 bits per heavy atom. The minimum atomic E-state index is -0.282. The fourth-order valence-electron chi connectivity index (χ4n) is 4.40. The van der Waals surface area contributed by atoms with Crippen molar-refractivity contribution in [1.29, 1.82) is 0 Å². The van der Waals surface area contributed by atoms with Crippen LogP contribution >= 0.6 is 11.8 Å². The van der Waals surface area contributed by atoms with Crippen LogP contribution in [0.1, 0.15) is 37.5 Å². The minimum absolute atomic E-state index is 0.0582. The normalized spacial score (nSPS) is 11.8. The van der Waals surface area contributed by atoms with Crippen molar-refractivity contribution in [3.63, 3.8) is 0 Å². The molecule has 8 heteroatoms. The maximum absolute atomic E-state index is 12.7. The van der Waals surface area contributed by atoms with Gasteiger partial charge in [0, 0.05) is 5.56 Å². The van der Waals surface area contributed by atoms with E-state index in [1.807, 2.05) is 47.0 Å². The third kappa shape index (κ3) is 5.92. The number of nitrogens with zero attached hydrogens (tertiary/aromatic N) is 3. The Morgan fingerprint density at radius 1 is 1.02 bits per heavy atom. The van der Waals surface area contributed by atoms with Crippen molar-refractivity contribution in [2.45, 2.75) is 38.3 Å². The van der Waals surface area contributed by atoms with Crippen LogP contribution in [0.2, 0.25) is 0 Å². The van der Waals surface area contributed by atoms with E-state index in [0.29, 0.717) is 10.7 Å². The van der Waals surface area contributed by atoms with Gasteiger partial charge in [0.15, 0.2) is 0 Å². The summed E-state index contributed by atoms with van der Waals surface area (Å²) in [4.78, 5) is 12.7. The number of hydrazone groups is 1. The van der Waals surface area contributed by atoms with Gasteiger partial charge in [-0.05, 0) is 70.8 Å². The Bertz CT molecular complexity index is 1680. The fraction of sp³-hybridized carbons (Fsp3) is 0.188. The molecule has 5 aromatic rings. The van der Waals surface area contributed by atoms with Crippen LogP contribution in [0.5, 0.6) is 5.75 Å². The van der Waals surface area contributed by atoms with Gasteiger partial charge in [0.2, 0.25) is 0 Å². The Hall–Kier alpha value is -4.43. The molecule has 5 rings (SSSR count). The number of rotatable bonds is 7. The van der Waals surface area contributed by atoms with E-state index in [1.54, 1.807) is 6.07 Å². The first kappa shape index (κ1) is 27.1. The molecule has 7 nitrogen and oxygen atoms in total. The van der Waals surface area contributed by atoms with Gasteiger partial charge in [-0.1, -0.05) is 80.9 Å². The zero-order valence-corrected chi connectivity index (χ0v) is 23.8. The molecule has 0 fully saturated rings. The zero-order valence-electron chi connectivity index (χ0n) is 23.0. The van der Waals surface area contributed by atoms with Crippen LogP contribution in [-0.4, -0.2) is 33.2 Å². The van der Waals surface area contributed by atoms with Crippen molar-refractivity contribution in [3.8, 4) is 22.8 Å². The quantitative estimate of drug-likeness (QED) is 0.0994. The van der Waals surface area contributed by atoms with Gasteiger partial charge >= 0.3 is 5.16 Å². The number of hydrogen-bond acceptors (Lipinski definition) is 5. The van der Waals surface area contributed by atoms with Crippen molar-refractivity contribution in [2.24, 2.45) is 5.10 Å². The van der Waals surface area contributed by atoms with Gasteiger partial charge in [-0.3, -0.25) is 4.79 Å². The Kier molecular flexibility index (Phi) is 7.71. The summed E-state index contributed by atoms with van der Waals surface area (Å²) in [5, 5.41) is 24.6. The van der Waals surface area contributed by atoms with Crippen LogP contribution in [0.15, 0.2) is 95.2 Å². The first-order valence-corrected chi connectivity index (χ1v) is 14.0. The lowest BCUT2D eigenvalue weighted by molar-refractivity contribution is -0.625. The smallest absolute Gasteiger partial charge is 0.342 e. The molecule has 40 heavy (non-hydrogen) atoms. The first-order valence-electron chi connectivity index (χ1n) is 13.0. The number of aromatic amines is 1. The summed E-state index contributed by atoms with van der Waals surface area (Å²) in [6.45, 7) is 8.63. The molecule has 0 radical (unpaired) electrons. The van der Waals surface area contributed by atoms with Gasteiger partial charge in [-0.25, -0.2) is 5.43 Å². The molecular weight excluding hydrogens is 518 g/mol. The molecule has 0 unspecified atom stereocenters. The maximum Gasteiger partial charge on any atom is 0.342 e. The van der Waals surface area contributed by atoms with E-state index in [-0.39, 0.29) is 22.8 Å². The van der Waals surface area contributed by atoms with Crippen molar-refractivity contribution < 1.29 is 14.5 Å². The fourth-order valence-corrected chi connectivity index (χ4v) is 5.16. The average molecular weight is 551 g/mol. The Morgan fingerprint density at radius 3 is 2.48 bits per heavy atom. The van der Waals surface area contributed by atoms with Crippen LogP contribution in [0.4, 0.5) is 0 Å². The maximum atomic E-state index is 12.7. The summed E-state index contributed by atoms with van der Waals surface area (Å²) >= 11 is 1.31. The number of benzene rings is 4. The molecule has 4 aromatic carbocycles. The van der Waals surface area contributed by atoms with Crippen LogP contribution < -0.4 is 9.99 Å². The van der Waals surface area contributed by atoms with Gasteiger partial charge < -0.3 is 5.11 Å². The van der Waals surface area contributed by atoms with Crippen molar-refractivity contribution in [3.05, 3.63) is 102 Å². The molecule has 0 aliphatic heterocycles. The average Bonchev–Trinajstić information content (AvgIpc) is 3.37. The summed E-state index contributed by atoms with van der Waals surface area (Å²) in [5.41, 5.74) is 7.54. The number of aryl methyl sites for hydroxylation is 1. The highest BCUT2D eigenvalue weighted by Crippen LogP contribution is 2.27. The predicted molar refractivity (Wildman–Crippen MR) is 161 cm³/mol. The number of aromatic hydroxyl groups is 1. The zero-order chi connectivity index (χ0) is 28.3. The molecular formula is C32H32N5O2S+. The van der Waals surface area contributed by atoms with E-state index in [9.17, 15) is 9.90 Å². The van der Waals surface area contributed by atoms with Gasteiger partial charge in [-0.2, -0.15) is 9.67 Å². The highest BCUT2D eigenvalue weighted by molar-refractivity contribution is 7.99. The van der Waals surface area contributed by atoms with E-state index >= 15 is 0 Å². The first-order chi connectivity index (χ1) is 19.2. The summed E-state index contributed by atoms with van der Waals surface area (Å²) in [5.74, 6) is 0.759. The van der Waals surface area contributed by atoms with Crippen LogP contribution in [0.25, 0.3) is 27.8 Å². The van der Waals surface area contributed by atoms with Gasteiger partial charge in [0.05, 0.1) is 22.6 Å². The minimum Gasteiger partial charge on any atom is -0.507 e. The number of thioether (sulfide) groups is 1. The van der Waals surface area contributed by atoms with E-state index in [4.69, 9.17) is 0 Å². The molecule has 0 saturated carbocycles. The second-order valence-electron chi connectivity index (χ2n) is 10.7. The molecule has 0 spiro atoms. The molecule has 0 aliphatic carbocycles. The monoisotopic (exact) mass is 550 g/mol. The third-order valence-corrected chi connectivity index (χ3v) is 7.59. The number of nitrogens with one attached hydrogen (secondary N) is 2. The number of carbonyl (C=O) groups excluding carboxylic acids is 1. The highest BCUT2D eigenvalue weighted by Gasteiger charge is 2.25. The lowest BCUT2D eigenvalue weighted by atomic mass is 9.87. The standard InChI is InChI=1S/C32H31N5O2S/c1-21-9-16-25(17-10-21)37-30(23-11-14-24(15-12-23)32(2,3)4)35-36-31(37)40-20-29(39)34-33-19-27-26-8-6-5-7-22(26)13-18-28(27)38/h5-19H,20H2,1-4H3,(H2,33,34,38,39)/p+1. The van der Waals surface area contributed by atoms with Gasteiger partial charge in [-0.15, -0.1) is 5.10 Å². The van der Waals surface area contributed by atoms with E-state index in [1.165, 1.54) is 23.5 Å². The van der Waals surface area contributed by atoms with Crippen molar-refractivity contribution in [1.82, 2.24) is 15.6 Å². The third-order valence-electron chi connectivity index (χ3n) is 6.65. The summed E-state index contributed by atoms with van der Waals surface area (Å²) in [6, 6.07) is 27.8. The Labute approximate surface area is 238 Å². The van der Waals surface area contributed by atoms with Gasteiger partial charge in [0.1, 0.15) is 11.4 Å². The summed E-state index contributed by atoms with van der Waals surface area (Å²) in [6.07, 6.45) is 1.47. The topological polar surface area (TPSA) is 94.2 Å². The van der Waals surface area contributed by atoms with Crippen LogP contribution in [0.3, 0.4) is 0 Å². The second kappa shape index (κ2) is 11.4. The molecule has 0 aliphatic rings. The Balaban J connectivity index is 1.35.